The molecule has 7 heteroatoms. The highest BCUT2D eigenvalue weighted by Gasteiger charge is 2.44. The summed E-state index contributed by atoms with van der Waals surface area (Å²) >= 11 is 0. The molecule has 0 bridgehead atoms. The molecule has 2 aromatic carbocycles. The molecule has 0 aliphatic carbocycles. The van der Waals surface area contributed by atoms with Crippen molar-refractivity contribution in [3.63, 3.8) is 0 Å². The third kappa shape index (κ3) is 8.28. The Labute approximate surface area is 232 Å². The summed E-state index contributed by atoms with van der Waals surface area (Å²) in [6, 6.07) is 16.6. The SMILES string of the molecule is C=C[C@@H](OCc1ccc(OC)cc1)[C@@H](O)[C@@H](C(=O)N1C(=O)OC[C@H]1Cc1ccccc1)/C(C)=C/CCC(C)C. The number of carbonyl (C=O) groups is 2. The van der Waals surface area contributed by atoms with Crippen molar-refractivity contribution in [1.29, 1.82) is 0 Å². The number of benzene rings is 2. The van der Waals surface area contributed by atoms with Crippen LogP contribution in [0.5, 0.6) is 5.75 Å². The van der Waals surface area contributed by atoms with Crippen LogP contribution in [0, 0.1) is 11.8 Å². The van der Waals surface area contributed by atoms with Gasteiger partial charge in [-0.3, -0.25) is 4.79 Å². The molecule has 2 aromatic rings. The highest BCUT2D eigenvalue weighted by molar-refractivity contribution is 5.96. The molecule has 1 N–H and O–H groups in total. The fourth-order valence-corrected chi connectivity index (χ4v) is 4.71. The molecule has 39 heavy (non-hydrogen) atoms. The molecule has 0 saturated carbocycles. The summed E-state index contributed by atoms with van der Waals surface area (Å²) in [5, 5.41) is 11.5. The number of aliphatic hydroxyl groups excluding tert-OH is 1. The van der Waals surface area contributed by atoms with Crippen molar-refractivity contribution in [1.82, 2.24) is 4.90 Å². The Morgan fingerprint density at radius 2 is 1.85 bits per heavy atom. The third-order valence-corrected chi connectivity index (χ3v) is 6.99. The average Bonchev–Trinajstić information content (AvgIpc) is 3.29. The Hall–Kier alpha value is -3.42. The molecule has 0 aromatic heterocycles. The monoisotopic (exact) mass is 535 g/mol. The largest absolute Gasteiger partial charge is 0.497 e. The van der Waals surface area contributed by atoms with Crippen LogP contribution in [0.25, 0.3) is 0 Å². The van der Waals surface area contributed by atoms with Gasteiger partial charge in [-0.05, 0) is 55.4 Å². The van der Waals surface area contributed by atoms with Crippen molar-refractivity contribution < 1.29 is 28.9 Å². The van der Waals surface area contributed by atoms with Crippen LogP contribution in [0.1, 0.15) is 44.7 Å². The Balaban J connectivity index is 1.84. The molecule has 1 fully saturated rings. The van der Waals surface area contributed by atoms with Crippen molar-refractivity contribution in [2.45, 2.75) is 64.9 Å². The molecule has 1 heterocycles. The highest BCUT2D eigenvalue weighted by atomic mass is 16.6. The topological polar surface area (TPSA) is 85.3 Å². The van der Waals surface area contributed by atoms with Gasteiger partial charge in [-0.25, -0.2) is 9.69 Å². The van der Waals surface area contributed by atoms with E-state index < -0.39 is 36.2 Å². The number of rotatable bonds is 14. The second kappa shape index (κ2) is 14.7. The van der Waals surface area contributed by atoms with E-state index in [0.717, 1.165) is 29.7 Å². The summed E-state index contributed by atoms with van der Waals surface area (Å²) in [5.41, 5.74) is 2.56. The van der Waals surface area contributed by atoms with E-state index in [9.17, 15) is 14.7 Å². The number of hydrogen-bond donors (Lipinski definition) is 1. The molecular weight excluding hydrogens is 494 g/mol. The van der Waals surface area contributed by atoms with Crippen LogP contribution in [0.15, 0.2) is 78.9 Å². The fourth-order valence-electron chi connectivity index (χ4n) is 4.71. The van der Waals surface area contributed by atoms with E-state index in [-0.39, 0.29) is 13.2 Å². The second-order valence-corrected chi connectivity index (χ2v) is 10.4. The van der Waals surface area contributed by atoms with E-state index in [4.69, 9.17) is 14.2 Å². The first kappa shape index (κ1) is 30.1. The van der Waals surface area contributed by atoms with E-state index >= 15 is 0 Å². The normalized spacial score (nSPS) is 18.0. The van der Waals surface area contributed by atoms with Crippen LogP contribution in [-0.2, 0) is 27.3 Å². The molecule has 3 rings (SSSR count). The van der Waals surface area contributed by atoms with Crippen LogP contribution < -0.4 is 4.74 Å². The van der Waals surface area contributed by atoms with Crippen molar-refractivity contribution in [3.05, 3.63) is 90.0 Å². The summed E-state index contributed by atoms with van der Waals surface area (Å²) < 4.78 is 16.5. The number of methoxy groups -OCH3 is 1. The van der Waals surface area contributed by atoms with Crippen molar-refractivity contribution >= 4 is 12.0 Å². The maximum atomic E-state index is 14.0. The first-order valence-corrected chi connectivity index (χ1v) is 13.5. The number of ether oxygens (including phenoxy) is 3. The van der Waals surface area contributed by atoms with E-state index in [1.165, 1.54) is 11.0 Å². The van der Waals surface area contributed by atoms with E-state index in [1.807, 2.05) is 67.6 Å². The van der Waals surface area contributed by atoms with Crippen molar-refractivity contribution in [2.75, 3.05) is 13.7 Å². The van der Waals surface area contributed by atoms with Crippen molar-refractivity contribution in [2.24, 2.45) is 11.8 Å². The molecule has 7 nitrogen and oxygen atoms in total. The van der Waals surface area contributed by atoms with Gasteiger partial charge in [-0.2, -0.15) is 0 Å². The highest BCUT2D eigenvalue weighted by Crippen LogP contribution is 2.28. The molecule has 4 atom stereocenters. The van der Waals surface area contributed by atoms with Gasteiger partial charge in [0.15, 0.2) is 0 Å². The zero-order valence-electron chi connectivity index (χ0n) is 23.4. The van der Waals surface area contributed by atoms with E-state index in [2.05, 4.69) is 20.4 Å². The van der Waals surface area contributed by atoms with Gasteiger partial charge in [0.25, 0.3) is 0 Å². The molecule has 1 aliphatic rings. The number of carbonyl (C=O) groups excluding carboxylic acids is 2. The van der Waals surface area contributed by atoms with Crippen LogP contribution in [0.3, 0.4) is 0 Å². The molecular formula is C32H41NO6. The summed E-state index contributed by atoms with van der Waals surface area (Å²) in [6.45, 7) is 10.3. The maximum Gasteiger partial charge on any atom is 0.417 e. The minimum Gasteiger partial charge on any atom is -0.497 e. The standard InChI is InChI=1S/C32H41NO6/c1-6-28(38-20-25-15-17-27(37-5)18-16-25)30(34)29(23(4)12-10-11-22(2)3)31(35)33-26(21-39-32(33)36)19-24-13-8-7-9-14-24/h6-9,12-18,22,26,28-30,34H,1,10-11,19-21H2,2-5H3/b23-12+/t26-,28-,29+,30-/m1/s1. The number of imide groups is 1. The first-order chi connectivity index (χ1) is 18.7. The number of aliphatic hydroxyl groups is 1. The summed E-state index contributed by atoms with van der Waals surface area (Å²) in [4.78, 5) is 28.0. The Morgan fingerprint density at radius 3 is 2.46 bits per heavy atom. The number of hydrogen-bond acceptors (Lipinski definition) is 6. The lowest BCUT2D eigenvalue weighted by atomic mass is 9.87. The Bertz CT molecular complexity index is 1110. The fraction of sp³-hybridized carbons (Fsp3) is 0.438. The number of cyclic esters (lactones) is 1. The van der Waals surface area contributed by atoms with Gasteiger partial charge in [0.1, 0.15) is 18.5 Å². The number of nitrogens with zero attached hydrogens (tertiary/aromatic N) is 1. The lowest BCUT2D eigenvalue weighted by molar-refractivity contribution is -0.139. The molecule has 210 valence electrons. The average molecular weight is 536 g/mol. The quantitative estimate of drug-likeness (QED) is 0.312. The van der Waals surface area contributed by atoms with Gasteiger partial charge in [-0.1, -0.05) is 74.0 Å². The van der Waals surface area contributed by atoms with Gasteiger partial charge in [0, 0.05) is 0 Å². The minimum atomic E-state index is -1.26. The summed E-state index contributed by atoms with van der Waals surface area (Å²) in [7, 11) is 1.60. The molecule has 2 amide bonds. The van der Waals surface area contributed by atoms with Gasteiger partial charge in [-0.15, -0.1) is 6.58 Å². The van der Waals surface area contributed by atoms with Crippen molar-refractivity contribution in [3.8, 4) is 5.75 Å². The zero-order valence-corrected chi connectivity index (χ0v) is 23.4. The summed E-state index contributed by atoms with van der Waals surface area (Å²) in [5.74, 6) is -0.274. The Kier molecular flexibility index (Phi) is 11.3. The Morgan fingerprint density at radius 1 is 1.15 bits per heavy atom. The zero-order chi connectivity index (χ0) is 28.4. The van der Waals surface area contributed by atoms with Crippen LogP contribution in [0.4, 0.5) is 4.79 Å². The smallest absolute Gasteiger partial charge is 0.417 e. The molecule has 1 aliphatic heterocycles. The van der Waals surface area contributed by atoms with Gasteiger partial charge in [0.2, 0.25) is 5.91 Å². The van der Waals surface area contributed by atoms with Gasteiger partial charge in [0.05, 0.1) is 31.8 Å². The lowest BCUT2D eigenvalue weighted by Gasteiger charge is -2.31. The van der Waals surface area contributed by atoms with Crippen LogP contribution >= 0.6 is 0 Å². The molecule has 0 spiro atoms. The molecule has 1 saturated heterocycles. The summed E-state index contributed by atoms with van der Waals surface area (Å²) in [6.07, 6.45) is 2.84. The lowest BCUT2D eigenvalue weighted by Crippen LogP contribution is -2.49. The number of allylic oxidation sites excluding steroid dienone is 1. The first-order valence-electron chi connectivity index (χ1n) is 13.5. The van der Waals surface area contributed by atoms with Crippen LogP contribution in [0.2, 0.25) is 0 Å². The third-order valence-electron chi connectivity index (χ3n) is 6.99. The predicted molar refractivity (Wildman–Crippen MR) is 151 cm³/mol. The second-order valence-electron chi connectivity index (χ2n) is 10.4. The van der Waals surface area contributed by atoms with Gasteiger partial charge < -0.3 is 19.3 Å². The van der Waals surface area contributed by atoms with E-state index in [1.54, 1.807) is 7.11 Å². The van der Waals surface area contributed by atoms with E-state index in [0.29, 0.717) is 17.9 Å². The minimum absolute atomic E-state index is 0.108. The molecule has 0 unspecified atom stereocenters. The van der Waals surface area contributed by atoms with Crippen LogP contribution in [-0.4, -0.2) is 54.0 Å². The maximum absolute atomic E-state index is 14.0. The molecule has 0 radical (unpaired) electrons. The number of amides is 2. The predicted octanol–water partition coefficient (Wildman–Crippen LogP) is 5.72. The van der Waals surface area contributed by atoms with Gasteiger partial charge >= 0.3 is 6.09 Å².